The summed E-state index contributed by atoms with van der Waals surface area (Å²) in [5.74, 6) is 0.199. The fourth-order valence-corrected chi connectivity index (χ4v) is 1.22. The zero-order valence-electron chi connectivity index (χ0n) is 9.41. The molecule has 0 aromatic carbocycles. The molecule has 0 saturated carbocycles. The van der Waals surface area contributed by atoms with E-state index in [0.717, 1.165) is 0 Å². The molecule has 0 fully saturated rings. The van der Waals surface area contributed by atoms with Gasteiger partial charge >= 0.3 is 5.97 Å². The fraction of sp³-hybridized carbons (Fsp3) is 0.364. The van der Waals surface area contributed by atoms with Gasteiger partial charge in [0.15, 0.2) is 0 Å². The van der Waals surface area contributed by atoms with E-state index >= 15 is 0 Å². The zero-order chi connectivity index (χ0) is 12.0. The Morgan fingerprint density at radius 3 is 3.00 bits per heavy atom. The summed E-state index contributed by atoms with van der Waals surface area (Å²) in [6.45, 7) is 3.85. The van der Waals surface area contributed by atoms with Gasteiger partial charge in [0.1, 0.15) is 12.4 Å². The maximum atomic E-state index is 11.1. The van der Waals surface area contributed by atoms with Crippen molar-refractivity contribution >= 4 is 17.5 Å². The van der Waals surface area contributed by atoms with Gasteiger partial charge in [-0.25, -0.2) is 4.98 Å². The second-order valence-electron chi connectivity index (χ2n) is 3.18. The van der Waals surface area contributed by atoms with Gasteiger partial charge in [0.05, 0.1) is 6.61 Å². The summed E-state index contributed by atoms with van der Waals surface area (Å²) in [5, 5.41) is 10.4. The minimum atomic E-state index is -0.332. The number of pyridine rings is 1. The number of nitrogens with zero attached hydrogens (tertiary/aromatic N) is 1. The Hall–Kier alpha value is -1.91. The van der Waals surface area contributed by atoms with Crippen LogP contribution in [0.1, 0.15) is 19.4 Å². The van der Waals surface area contributed by atoms with Gasteiger partial charge in [-0.3, -0.25) is 4.79 Å². The largest absolute Gasteiger partial charge is 0.465 e. The molecule has 0 aliphatic carbocycles. The number of aromatic nitrogens is 1. The minimum absolute atomic E-state index is 0.0606. The van der Waals surface area contributed by atoms with Gasteiger partial charge in [-0.05, 0) is 26.0 Å². The lowest BCUT2D eigenvalue weighted by Crippen LogP contribution is -2.18. The molecule has 1 aromatic heterocycles. The van der Waals surface area contributed by atoms with Crippen LogP contribution in [0.3, 0.4) is 0 Å². The molecule has 0 amide bonds. The van der Waals surface area contributed by atoms with E-state index in [0.29, 0.717) is 23.7 Å². The summed E-state index contributed by atoms with van der Waals surface area (Å²) < 4.78 is 4.78. The van der Waals surface area contributed by atoms with E-state index in [2.05, 4.69) is 10.3 Å². The third-order valence-corrected chi connectivity index (χ3v) is 1.92. The Balaban J connectivity index is 2.66. The highest BCUT2D eigenvalue weighted by atomic mass is 16.5. The number of nitrogens with one attached hydrogen (secondary N) is 2. The molecule has 0 bridgehead atoms. The maximum Gasteiger partial charge on any atom is 0.325 e. The predicted octanol–water partition coefficient (Wildman–Crippen LogP) is 1.44. The monoisotopic (exact) mass is 221 g/mol. The molecule has 0 radical (unpaired) electrons. The van der Waals surface area contributed by atoms with Crippen molar-refractivity contribution < 1.29 is 9.53 Å². The summed E-state index contributed by atoms with van der Waals surface area (Å²) >= 11 is 0. The lowest BCUT2D eigenvalue weighted by atomic mass is 10.2. The number of ether oxygens (including phenoxy) is 1. The van der Waals surface area contributed by atoms with E-state index in [4.69, 9.17) is 10.1 Å². The molecular weight excluding hydrogens is 206 g/mol. The normalized spacial score (nSPS) is 9.62. The second-order valence-corrected chi connectivity index (χ2v) is 3.18. The van der Waals surface area contributed by atoms with E-state index in [1.807, 2.05) is 0 Å². The standard InChI is InChI=1S/C11H15N3O2/c1-3-16-10(15)7-14-11-9(8(2)12)5-4-6-13-11/h4-6,12H,3,7H2,1-2H3,(H,13,14). The van der Waals surface area contributed by atoms with Gasteiger partial charge in [0, 0.05) is 17.5 Å². The molecule has 5 nitrogen and oxygen atoms in total. The van der Waals surface area contributed by atoms with E-state index in [1.54, 1.807) is 32.2 Å². The average Bonchev–Trinajstić information content (AvgIpc) is 2.27. The molecule has 0 atom stereocenters. The summed E-state index contributed by atoms with van der Waals surface area (Å²) in [6.07, 6.45) is 1.61. The highest BCUT2D eigenvalue weighted by Gasteiger charge is 2.07. The molecule has 16 heavy (non-hydrogen) atoms. The lowest BCUT2D eigenvalue weighted by molar-refractivity contribution is -0.140. The maximum absolute atomic E-state index is 11.1. The number of carbonyl (C=O) groups excluding carboxylic acids is 1. The second kappa shape index (κ2) is 5.85. The third kappa shape index (κ3) is 3.34. The molecule has 0 aliphatic rings. The molecular formula is C11H15N3O2. The van der Waals surface area contributed by atoms with Gasteiger partial charge in [-0.2, -0.15) is 0 Å². The smallest absolute Gasteiger partial charge is 0.325 e. The molecule has 86 valence electrons. The van der Waals surface area contributed by atoms with Gasteiger partial charge in [0.25, 0.3) is 0 Å². The molecule has 0 spiro atoms. The van der Waals surface area contributed by atoms with Crippen LogP contribution in [0.5, 0.6) is 0 Å². The SMILES string of the molecule is CCOC(=O)CNc1ncccc1C(C)=N. The first-order valence-corrected chi connectivity index (χ1v) is 5.05. The van der Waals surface area contributed by atoms with Crippen molar-refractivity contribution in [3.63, 3.8) is 0 Å². The van der Waals surface area contributed by atoms with Crippen LogP contribution in [0.2, 0.25) is 0 Å². The molecule has 2 N–H and O–H groups in total. The van der Waals surface area contributed by atoms with E-state index in [9.17, 15) is 4.79 Å². The van der Waals surface area contributed by atoms with Crippen LogP contribution in [-0.2, 0) is 9.53 Å². The van der Waals surface area contributed by atoms with Crippen molar-refractivity contribution in [1.29, 1.82) is 5.41 Å². The van der Waals surface area contributed by atoms with Crippen molar-refractivity contribution in [3.05, 3.63) is 23.9 Å². The number of rotatable bonds is 5. The topological polar surface area (TPSA) is 75.1 Å². The third-order valence-electron chi connectivity index (χ3n) is 1.92. The van der Waals surface area contributed by atoms with Crippen LogP contribution in [0.25, 0.3) is 0 Å². The van der Waals surface area contributed by atoms with Crippen molar-refractivity contribution in [2.45, 2.75) is 13.8 Å². The Morgan fingerprint density at radius 1 is 1.62 bits per heavy atom. The zero-order valence-corrected chi connectivity index (χ0v) is 9.41. The average molecular weight is 221 g/mol. The Labute approximate surface area is 94.4 Å². The molecule has 0 aliphatic heterocycles. The van der Waals surface area contributed by atoms with Crippen molar-refractivity contribution in [2.75, 3.05) is 18.5 Å². The summed E-state index contributed by atoms with van der Waals surface area (Å²) in [6, 6.07) is 3.53. The number of esters is 1. The van der Waals surface area contributed by atoms with E-state index in [1.165, 1.54) is 0 Å². The molecule has 0 unspecified atom stereocenters. The predicted molar refractivity (Wildman–Crippen MR) is 61.9 cm³/mol. The Bertz CT molecular complexity index is 391. The molecule has 1 aromatic rings. The molecule has 1 heterocycles. The first-order chi connectivity index (χ1) is 7.65. The van der Waals surface area contributed by atoms with Gasteiger partial charge in [-0.1, -0.05) is 0 Å². The van der Waals surface area contributed by atoms with E-state index in [-0.39, 0.29) is 12.5 Å². The van der Waals surface area contributed by atoms with Crippen LogP contribution in [0.4, 0.5) is 5.82 Å². The van der Waals surface area contributed by atoms with E-state index < -0.39 is 0 Å². The number of hydrogen-bond acceptors (Lipinski definition) is 5. The number of anilines is 1. The molecule has 0 saturated heterocycles. The first-order valence-electron chi connectivity index (χ1n) is 5.05. The van der Waals surface area contributed by atoms with Crippen LogP contribution in [-0.4, -0.2) is 29.8 Å². The highest BCUT2D eigenvalue weighted by molar-refractivity contribution is 6.00. The van der Waals surface area contributed by atoms with Crippen molar-refractivity contribution in [1.82, 2.24) is 4.98 Å². The summed E-state index contributed by atoms with van der Waals surface area (Å²) in [5.41, 5.74) is 1.09. The van der Waals surface area contributed by atoms with Crippen molar-refractivity contribution in [3.8, 4) is 0 Å². The van der Waals surface area contributed by atoms with Crippen LogP contribution in [0, 0.1) is 5.41 Å². The Kier molecular flexibility index (Phi) is 4.44. The quantitative estimate of drug-likeness (QED) is 0.582. The van der Waals surface area contributed by atoms with Crippen LogP contribution in [0.15, 0.2) is 18.3 Å². The van der Waals surface area contributed by atoms with Gasteiger partial charge < -0.3 is 15.5 Å². The lowest BCUT2D eigenvalue weighted by Gasteiger charge is -2.09. The summed E-state index contributed by atoms with van der Waals surface area (Å²) in [7, 11) is 0. The van der Waals surface area contributed by atoms with Crippen LogP contribution < -0.4 is 5.32 Å². The molecule has 1 rings (SSSR count). The van der Waals surface area contributed by atoms with Crippen LogP contribution >= 0.6 is 0 Å². The van der Waals surface area contributed by atoms with Gasteiger partial charge in [0.2, 0.25) is 0 Å². The number of carbonyl (C=O) groups is 1. The first kappa shape index (κ1) is 12.2. The molecule has 5 heteroatoms. The van der Waals surface area contributed by atoms with Gasteiger partial charge in [-0.15, -0.1) is 0 Å². The fourth-order valence-electron chi connectivity index (χ4n) is 1.22. The summed E-state index contributed by atoms with van der Waals surface area (Å²) in [4.78, 5) is 15.2. The minimum Gasteiger partial charge on any atom is -0.465 e. The van der Waals surface area contributed by atoms with Crippen molar-refractivity contribution in [2.24, 2.45) is 0 Å². The Morgan fingerprint density at radius 2 is 2.38 bits per heavy atom. The number of hydrogen-bond donors (Lipinski definition) is 2. The highest BCUT2D eigenvalue weighted by Crippen LogP contribution is 2.11.